The second kappa shape index (κ2) is 11.1. The van der Waals surface area contributed by atoms with E-state index in [0.717, 1.165) is 44.3 Å². The molecule has 0 fully saturated rings. The van der Waals surface area contributed by atoms with E-state index in [1.165, 1.54) is 5.56 Å². The van der Waals surface area contributed by atoms with E-state index in [0.29, 0.717) is 13.0 Å². The predicted molar refractivity (Wildman–Crippen MR) is 90.2 cm³/mol. The summed E-state index contributed by atoms with van der Waals surface area (Å²) in [4.78, 5) is 11.2. The summed E-state index contributed by atoms with van der Waals surface area (Å²) in [6.07, 6.45) is 7.17. The maximum absolute atomic E-state index is 11.2. The molecule has 0 bridgehead atoms. The third-order valence-electron chi connectivity index (χ3n) is 3.72. The molecule has 124 valence electrons. The lowest BCUT2D eigenvalue weighted by Gasteiger charge is -2.14. The van der Waals surface area contributed by atoms with Crippen LogP contribution in [-0.4, -0.2) is 18.7 Å². The molecule has 0 aliphatic rings. The minimum Gasteiger partial charge on any atom is -0.491 e. The molecule has 0 saturated heterocycles. The highest BCUT2D eigenvalue weighted by molar-refractivity contribution is 5.69. The van der Waals surface area contributed by atoms with Crippen molar-refractivity contribution in [3.05, 3.63) is 29.8 Å². The average molecular weight is 306 g/mol. The van der Waals surface area contributed by atoms with E-state index in [9.17, 15) is 4.79 Å². The van der Waals surface area contributed by atoms with Crippen LogP contribution in [0.3, 0.4) is 0 Å². The number of esters is 1. The molecule has 0 spiro atoms. The van der Waals surface area contributed by atoms with E-state index in [2.05, 4.69) is 38.1 Å². The lowest BCUT2D eigenvalue weighted by atomic mass is 10.1. The third kappa shape index (κ3) is 8.06. The van der Waals surface area contributed by atoms with Crippen LogP contribution in [0.5, 0.6) is 5.75 Å². The van der Waals surface area contributed by atoms with Crippen LogP contribution in [0.1, 0.15) is 64.9 Å². The number of hydrogen-bond acceptors (Lipinski definition) is 3. The first-order valence-electron chi connectivity index (χ1n) is 8.57. The Kier molecular flexibility index (Phi) is 9.36. The highest BCUT2D eigenvalue weighted by atomic mass is 16.5. The fraction of sp³-hybridized carbons (Fsp3) is 0.632. The SMILES string of the molecule is CCOC(=O)CCCCCCC(C)Oc1ccc(CC)cc1. The molecule has 22 heavy (non-hydrogen) atoms. The van der Waals surface area contributed by atoms with E-state index in [-0.39, 0.29) is 12.1 Å². The Morgan fingerprint density at radius 1 is 1.05 bits per heavy atom. The van der Waals surface area contributed by atoms with Gasteiger partial charge in [-0.05, 0) is 57.2 Å². The highest BCUT2D eigenvalue weighted by Crippen LogP contribution is 2.17. The Balaban J connectivity index is 2.07. The fourth-order valence-electron chi connectivity index (χ4n) is 2.38. The third-order valence-corrected chi connectivity index (χ3v) is 3.72. The standard InChI is InChI=1S/C19H30O3/c1-4-17-12-14-18(15-13-17)22-16(3)10-8-6-7-9-11-19(20)21-5-2/h12-16H,4-11H2,1-3H3. The highest BCUT2D eigenvalue weighted by Gasteiger charge is 2.05. The fourth-order valence-corrected chi connectivity index (χ4v) is 2.38. The van der Waals surface area contributed by atoms with Crippen LogP contribution in [0.2, 0.25) is 0 Å². The lowest BCUT2D eigenvalue weighted by Crippen LogP contribution is -2.11. The van der Waals surface area contributed by atoms with Gasteiger partial charge in [0.25, 0.3) is 0 Å². The van der Waals surface area contributed by atoms with Gasteiger partial charge in [-0.3, -0.25) is 4.79 Å². The summed E-state index contributed by atoms with van der Waals surface area (Å²) < 4.78 is 10.8. The average Bonchev–Trinajstić information content (AvgIpc) is 2.51. The van der Waals surface area contributed by atoms with Gasteiger partial charge in [-0.15, -0.1) is 0 Å². The first-order valence-corrected chi connectivity index (χ1v) is 8.57. The summed E-state index contributed by atoms with van der Waals surface area (Å²) in [5.41, 5.74) is 1.33. The van der Waals surface area contributed by atoms with E-state index >= 15 is 0 Å². The number of ether oxygens (including phenoxy) is 2. The smallest absolute Gasteiger partial charge is 0.305 e. The van der Waals surface area contributed by atoms with E-state index in [1.54, 1.807) is 0 Å². The molecule has 1 rings (SSSR count). The van der Waals surface area contributed by atoms with Crippen LogP contribution >= 0.6 is 0 Å². The van der Waals surface area contributed by atoms with E-state index < -0.39 is 0 Å². The Labute approximate surface area is 135 Å². The van der Waals surface area contributed by atoms with Crippen molar-refractivity contribution in [3.63, 3.8) is 0 Å². The summed E-state index contributed by atoms with van der Waals surface area (Å²) in [7, 11) is 0. The van der Waals surface area contributed by atoms with Gasteiger partial charge >= 0.3 is 5.97 Å². The molecule has 3 nitrogen and oxygen atoms in total. The summed E-state index contributed by atoms with van der Waals surface area (Å²) in [6.45, 7) is 6.59. The zero-order valence-corrected chi connectivity index (χ0v) is 14.3. The number of hydrogen-bond donors (Lipinski definition) is 0. The quantitative estimate of drug-likeness (QED) is 0.430. The van der Waals surface area contributed by atoms with Crippen molar-refractivity contribution < 1.29 is 14.3 Å². The van der Waals surface area contributed by atoms with Crippen LogP contribution in [-0.2, 0) is 16.0 Å². The molecule has 3 heteroatoms. The molecular weight excluding hydrogens is 276 g/mol. The summed E-state index contributed by atoms with van der Waals surface area (Å²) in [5, 5.41) is 0. The molecule has 0 saturated carbocycles. The molecular formula is C19H30O3. The molecule has 0 N–H and O–H groups in total. The summed E-state index contributed by atoms with van der Waals surface area (Å²) >= 11 is 0. The van der Waals surface area contributed by atoms with Crippen molar-refractivity contribution in [1.29, 1.82) is 0 Å². The number of unbranched alkanes of at least 4 members (excludes halogenated alkanes) is 3. The predicted octanol–water partition coefficient (Wildman–Crippen LogP) is 4.92. The molecule has 1 atom stereocenters. The molecule has 0 aliphatic carbocycles. The van der Waals surface area contributed by atoms with Gasteiger partial charge in [0.15, 0.2) is 0 Å². The van der Waals surface area contributed by atoms with Crippen LogP contribution in [0.15, 0.2) is 24.3 Å². The van der Waals surface area contributed by atoms with Crippen molar-refractivity contribution in [2.24, 2.45) is 0 Å². The maximum Gasteiger partial charge on any atom is 0.305 e. The van der Waals surface area contributed by atoms with Crippen LogP contribution < -0.4 is 4.74 Å². The Morgan fingerprint density at radius 3 is 2.36 bits per heavy atom. The van der Waals surface area contributed by atoms with Gasteiger partial charge in [0.05, 0.1) is 12.7 Å². The zero-order chi connectivity index (χ0) is 16.2. The maximum atomic E-state index is 11.2. The molecule has 1 unspecified atom stereocenters. The summed E-state index contributed by atoms with van der Waals surface area (Å²) in [6, 6.07) is 8.35. The van der Waals surface area contributed by atoms with E-state index in [1.807, 2.05) is 6.92 Å². The van der Waals surface area contributed by atoms with Gasteiger partial charge in [-0.25, -0.2) is 0 Å². The number of aryl methyl sites for hydroxylation is 1. The Hall–Kier alpha value is -1.51. The summed E-state index contributed by atoms with van der Waals surface area (Å²) in [5.74, 6) is 0.877. The van der Waals surface area contributed by atoms with Crippen molar-refractivity contribution in [1.82, 2.24) is 0 Å². The zero-order valence-electron chi connectivity index (χ0n) is 14.3. The number of carbonyl (C=O) groups is 1. The van der Waals surface area contributed by atoms with Gasteiger partial charge in [0.2, 0.25) is 0 Å². The Morgan fingerprint density at radius 2 is 1.73 bits per heavy atom. The topological polar surface area (TPSA) is 35.5 Å². The van der Waals surface area contributed by atoms with Gasteiger partial charge in [-0.1, -0.05) is 31.9 Å². The lowest BCUT2D eigenvalue weighted by molar-refractivity contribution is -0.143. The van der Waals surface area contributed by atoms with Crippen molar-refractivity contribution in [3.8, 4) is 5.75 Å². The minimum atomic E-state index is -0.0743. The molecule has 0 amide bonds. The number of rotatable bonds is 11. The van der Waals surface area contributed by atoms with Crippen LogP contribution in [0, 0.1) is 0 Å². The number of benzene rings is 1. The molecule has 0 radical (unpaired) electrons. The second-order valence-electron chi connectivity index (χ2n) is 5.68. The van der Waals surface area contributed by atoms with E-state index in [4.69, 9.17) is 9.47 Å². The van der Waals surface area contributed by atoms with Crippen LogP contribution in [0.4, 0.5) is 0 Å². The number of carbonyl (C=O) groups excluding carboxylic acids is 1. The van der Waals surface area contributed by atoms with Crippen LogP contribution in [0.25, 0.3) is 0 Å². The van der Waals surface area contributed by atoms with Gasteiger partial charge in [-0.2, -0.15) is 0 Å². The molecule has 0 heterocycles. The van der Waals surface area contributed by atoms with Crippen molar-refractivity contribution in [2.45, 2.75) is 71.8 Å². The normalized spacial score (nSPS) is 12.0. The molecule has 1 aromatic rings. The second-order valence-corrected chi connectivity index (χ2v) is 5.68. The molecule has 1 aromatic carbocycles. The first-order chi connectivity index (χ1) is 10.7. The van der Waals surface area contributed by atoms with Gasteiger partial charge in [0, 0.05) is 6.42 Å². The Bertz CT molecular complexity index is 411. The van der Waals surface area contributed by atoms with Crippen molar-refractivity contribution >= 4 is 5.97 Å². The monoisotopic (exact) mass is 306 g/mol. The van der Waals surface area contributed by atoms with Gasteiger partial charge in [0.1, 0.15) is 5.75 Å². The molecule has 0 aromatic heterocycles. The minimum absolute atomic E-state index is 0.0743. The van der Waals surface area contributed by atoms with Crippen molar-refractivity contribution in [2.75, 3.05) is 6.61 Å². The largest absolute Gasteiger partial charge is 0.491 e. The first kappa shape index (κ1) is 18.5. The van der Waals surface area contributed by atoms with Gasteiger partial charge < -0.3 is 9.47 Å². The molecule has 0 aliphatic heterocycles.